The lowest BCUT2D eigenvalue weighted by atomic mass is 9.95. The number of halogens is 9. The summed E-state index contributed by atoms with van der Waals surface area (Å²) in [7, 11) is 4.82. The number of benzene rings is 6. The average molecular weight is 1690 g/mol. The van der Waals surface area contributed by atoms with Crippen LogP contribution in [-0.4, -0.2) is 212 Å². The largest absolute Gasteiger partial charge is 0.478 e. The van der Waals surface area contributed by atoms with Gasteiger partial charge in [-0.2, -0.15) is 53.9 Å². The number of nitrogens with one attached hydrogen (secondary N) is 2. The zero-order valence-corrected chi connectivity index (χ0v) is 68.1. The highest BCUT2D eigenvalue weighted by Crippen LogP contribution is 2.34. The van der Waals surface area contributed by atoms with E-state index in [0.717, 1.165) is 47.5 Å². The van der Waals surface area contributed by atoms with Gasteiger partial charge in [-0.3, -0.25) is 9.59 Å². The Morgan fingerprint density at radius 3 is 0.917 bits per heavy atom. The summed E-state index contributed by atoms with van der Waals surface area (Å²) >= 11 is 0. The van der Waals surface area contributed by atoms with E-state index in [-0.39, 0.29) is 29.4 Å². The van der Waals surface area contributed by atoms with Gasteiger partial charge in [0.2, 0.25) is 17.5 Å². The number of ether oxygens (including phenoxy) is 8. The van der Waals surface area contributed by atoms with E-state index in [9.17, 15) is 68.6 Å². The van der Waals surface area contributed by atoms with Crippen molar-refractivity contribution in [2.75, 3.05) is 105 Å². The first-order valence-corrected chi connectivity index (χ1v) is 38.0. The fourth-order valence-corrected chi connectivity index (χ4v) is 10.7. The van der Waals surface area contributed by atoms with Crippen molar-refractivity contribution in [3.8, 4) is 34.2 Å². The molecule has 9 aromatic rings. The van der Waals surface area contributed by atoms with Crippen molar-refractivity contribution >= 4 is 29.7 Å². The highest BCUT2D eigenvalue weighted by Gasteiger charge is 2.33. The molecule has 7 N–H and O–H groups in total. The number of nitrogens with zero attached hydrogens (tertiary/aromatic N) is 12. The van der Waals surface area contributed by atoms with Gasteiger partial charge in [-0.25, -0.2) is 14.4 Å². The summed E-state index contributed by atoms with van der Waals surface area (Å²) in [6, 6.07) is 29.6. The predicted octanol–water partition coefficient (Wildman–Crippen LogP) is 12.1. The SMILES string of the molecule is CC(C)(C)OC(=O)NCCOCCOCCN.Cn1nnc(-c2cc(C(=O)CCCOCCOCCN)ccc2Cc2ccc(C(F)(F)F)cc2)n1.Cn1nnc(-c2cc(C(=O)CCCOCCOCCNC(=O)OC(C)(C)C)ccc2Cc2ccc(C(F)(F)F)cc2)n1.Cn1nnc(-c2cc(C(=O)O)ccc2Cc2ccc(C(F)(F)F)cc2)n1. The molecule has 39 heteroatoms. The number of hydrogen-bond donors (Lipinski definition) is 5. The normalized spacial score (nSPS) is 11.7. The zero-order valence-electron chi connectivity index (χ0n) is 68.1. The summed E-state index contributed by atoms with van der Waals surface area (Å²) in [5, 5.41) is 50.4. The van der Waals surface area contributed by atoms with Crippen molar-refractivity contribution in [2.45, 2.75) is 116 Å². The third-order valence-corrected chi connectivity index (χ3v) is 16.4. The van der Waals surface area contributed by atoms with E-state index in [0.29, 0.717) is 206 Å². The van der Waals surface area contributed by atoms with E-state index in [2.05, 4.69) is 56.9 Å². The molecule has 0 saturated carbocycles. The average Bonchev–Trinajstić information content (AvgIpc) is 1.50. The molecule has 0 spiro atoms. The van der Waals surface area contributed by atoms with Gasteiger partial charge in [0.25, 0.3) is 0 Å². The van der Waals surface area contributed by atoms with Gasteiger partial charge in [-0.05, 0) is 183 Å². The number of rotatable bonds is 39. The van der Waals surface area contributed by atoms with Crippen LogP contribution in [0.3, 0.4) is 0 Å². The van der Waals surface area contributed by atoms with Crippen LogP contribution in [0.4, 0.5) is 49.1 Å². The molecule has 9 rings (SSSR count). The van der Waals surface area contributed by atoms with E-state index in [4.69, 9.17) is 49.4 Å². The van der Waals surface area contributed by atoms with E-state index >= 15 is 0 Å². The van der Waals surface area contributed by atoms with Crippen molar-refractivity contribution in [3.05, 3.63) is 194 Å². The number of amides is 2. The van der Waals surface area contributed by atoms with Gasteiger partial charge in [0.1, 0.15) is 11.2 Å². The molecule has 0 atom stereocenters. The van der Waals surface area contributed by atoms with Crippen LogP contribution >= 0.6 is 0 Å². The molecule has 0 unspecified atom stereocenters. The summed E-state index contributed by atoms with van der Waals surface area (Å²) in [6.07, 6.45) is -11.5. The molecule has 6 aromatic carbocycles. The minimum Gasteiger partial charge on any atom is -0.478 e. The number of aromatic nitrogens is 12. The van der Waals surface area contributed by atoms with Crippen molar-refractivity contribution in [1.82, 2.24) is 71.3 Å². The first-order chi connectivity index (χ1) is 56.8. The summed E-state index contributed by atoms with van der Waals surface area (Å²) < 4.78 is 158. The van der Waals surface area contributed by atoms with Gasteiger partial charge in [0.15, 0.2) is 11.6 Å². The number of alkyl carbamates (subject to hydrolysis) is 2. The molecule has 3 heterocycles. The van der Waals surface area contributed by atoms with Crippen LogP contribution in [0.1, 0.15) is 148 Å². The number of aromatic carboxylic acids is 1. The second-order valence-electron chi connectivity index (χ2n) is 28.5. The molecular formula is C81H101F9N16O14. The molecular weight excluding hydrogens is 1590 g/mol. The monoisotopic (exact) mass is 1690 g/mol. The summed E-state index contributed by atoms with van der Waals surface area (Å²) in [5.74, 6) is -0.342. The summed E-state index contributed by atoms with van der Waals surface area (Å²) in [5.41, 5.74) is 14.3. The van der Waals surface area contributed by atoms with E-state index in [1.54, 1.807) is 84.4 Å². The number of alkyl halides is 9. The maximum atomic E-state index is 12.9. The molecule has 0 bridgehead atoms. The predicted molar refractivity (Wildman–Crippen MR) is 421 cm³/mol. The van der Waals surface area contributed by atoms with Crippen molar-refractivity contribution in [3.63, 3.8) is 0 Å². The third kappa shape index (κ3) is 36.3. The molecule has 2 amide bonds. The second kappa shape index (κ2) is 48.2. The standard InChI is InChI=1S/C29H36F3N5O5.C24H28F3N5O3.C17H13F3N4O2.C11H24N2O4/c1-28(2,3)42-27(39)33-13-15-41-17-16-40-14-5-6-25(38)22-10-9-21(24(19-22)26-34-36-37(4)35-26)18-20-7-11-23(12-8-20)29(30,31)32;1-32-30-23(29-31-32)21-16-19(22(33)3-2-11-34-13-14-35-12-10-28)7-6-18(21)15-17-4-8-20(9-5-17)24(25,26)27;1-24-22-15(21-23-24)14-9-12(16(25)26)5-4-11(14)8-10-2-6-13(7-3-10)17(18,19)20;1-11(2,3)17-10(14)13-5-7-16-9-8-15-6-4-12/h7-12,19H,5-6,13-18H2,1-4H3,(H,33,39);4-9,16H,2-3,10-15,28H2,1H3;2-7,9H,8H2,1H3,(H,25,26);4-9,12H2,1-3H3,(H,13,14). The number of Topliss-reactive ketones (excluding diaryl/α,β-unsaturated/α-hetero) is 2. The Morgan fingerprint density at radius 1 is 0.383 bits per heavy atom. The number of carboxylic acid groups (broad SMARTS) is 1. The van der Waals surface area contributed by atoms with Gasteiger partial charge in [0, 0.05) is 80.1 Å². The number of nitrogens with two attached hydrogens (primary N) is 2. The molecule has 0 aliphatic carbocycles. The lowest BCUT2D eigenvalue weighted by molar-refractivity contribution is -0.138. The molecule has 120 heavy (non-hydrogen) atoms. The quantitative estimate of drug-likeness (QED) is 0.0136. The molecule has 0 aliphatic heterocycles. The topological polar surface area (TPSA) is 386 Å². The number of carbonyl (C=O) groups is 5. The highest BCUT2D eigenvalue weighted by molar-refractivity contribution is 5.98. The van der Waals surface area contributed by atoms with Crippen LogP contribution in [0.15, 0.2) is 127 Å². The smallest absolute Gasteiger partial charge is 0.416 e. The summed E-state index contributed by atoms with van der Waals surface area (Å²) in [6.45, 7) is 17.7. The Balaban J connectivity index is 0.000000259. The lowest BCUT2D eigenvalue weighted by Crippen LogP contribution is -2.34. The number of tetrazole rings is 3. The van der Waals surface area contributed by atoms with Crippen LogP contribution in [-0.2, 0) is 96.8 Å². The van der Waals surface area contributed by atoms with Crippen molar-refractivity contribution in [2.24, 2.45) is 32.6 Å². The zero-order chi connectivity index (χ0) is 88.1. The maximum absolute atomic E-state index is 12.9. The molecule has 0 saturated heterocycles. The first kappa shape index (κ1) is 97.8. The summed E-state index contributed by atoms with van der Waals surface area (Å²) in [4.78, 5) is 63.5. The minimum atomic E-state index is -4.41. The minimum absolute atomic E-state index is 0.0563. The Bertz CT molecular complexity index is 4650. The fourth-order valence-electron chi connectivity index (χ4n) is 10.7. The fraction of sp³-hybridized carbons (Fsp3) is 0.457. The Hall–Kier alpha value is -11.1. The van der Waals surface area contributed by atoms with Gasteiger partial charge < -0.3 is 65.1 Å². The number of hydrogen-bond acceptors (Lipinski definition) is 24. The van der Waals surface area contributed by atoms with Crippen LogP contribution in [0, 0.1) is 0 Å². The Labute approximate surface area is 687 Å². The third-order valence-electron chi connectivity index (χ3n) is 16.4. The Morgan fingerprint density at radius 2 is 0.658 bits per heavy atom. The van der Waals surface area contributed by atoms with E-state index < -0.39 is 64.6 Å². The second-order valence-corrected chi connectivity index (χ2v) is 28.5. The molecule has 0 radical (unpaired) electrons. The molecule has 0 aliphatic rings. The van der Waals surface area contributed by atoms with Gasteiger partial charge >= 0.3 is 36.7 Å². The molecule has 0 fully saturated rings. The lowest BCUT2D eigenvalue weighted by Gasteiger charge is -2.19. The van der Waals surface area contributed by atoms with Crippen molar-refractivity contribution in [1.29, 1.82) is 0 Å². The number of ketones is 2. The number of carbonyl (C=O) groups excluding carboxylic acids is 4. The van der Waals surface area contributed by atoms with Crippen LogP contribution in [0.25, 0.3) is 34.2 Å². The first-order valence-electron chi connectivity index (χ1n) is 38.0. The van der Waals surface area contributed by atoms with Crippen LogP contribution < -0.4 is 22.1 Å². The van der Waals surface area contributed by atoms with E-state index in [1.165, 1.54) is 62.9 Å². The number of carboxylic acids is 1. The highest BCUT2D eigenvalue weighted by atomic mass is 19.4. The molecule has 3 aromatic heterocycles. The maximum Gasteiger partial charge on any atom is 0.416 e. The van der Waals surface area contributed by atoms with Crippen molar-refractivity contribution < 1.29 is 106 Å². The van der Waals surface area contributed by atoms with E-state index in [1.807, 2.05) is 20.8 Å². The molecule has 652 valence electrons. The van der Waals surface area contributed by atoms with Crippen LogP contribution in [0.5, 0.6) is 0 Å². The molecule has 30 nitrogen and oxygen atoms in total. The van der Waals surface area contributed by atoms with Gasteiger partial charge in [0.05, 0.1) is 109 Å². The van der Waals surface area contributed by atoms with Gasteiger partial charge in [-0.15, -0.1) is 30.6 Å². The van der Waals surface area contributed by atoms with Crippen LogP contribution in [0.2, 0.25) is 0 Å². The number of aryl methyl sites for hydroxylation is 3. The van der Waals surface area contributed by atoms with Gasteiger partial charge in [-0.1, -0.05) is 66.7 Å². The Kier molecular flexibility index (Phi) is 39.3.